The van der Waals surface area contributed by atoms with Crippen molar-refractivity contribution in [3.63, 3.8) is 0 Å². The predicted molar refractivity (Wildman–Crippen MR) is 163 cm³/mol. The van der Waals surface area contributed by atoms with E-state index in [0.29, 0.717) is 22.8 Å². The fourth-order valence-electron chi connectivity index (χ4n) is 4.72. The molecule has 2 aromatic rings. The highest BCUT2D eigenvalue weighted by atomic mass is 16.5. The third-order valence-corrected chi connectivity index (χ3v) is 7.01. The van der Waals surface area contributed by atoms with Crippen LogP contribution in [0.25, 0.3) is 33.4 Å². The Bertz CT molecular complexity index is 1690. The van der Waals surface area contributed by atoms with E-state index in [1.54, 1.807) is 15.9 Å². The molecule has 11 nitrogen and oxygen atoms in total. The summed E-state index contributed by atoms with van der Waals surface area (Å²) in [6, 6.07) is 17.4. The van der Waals surface area contributed by atoms with Crippen molar-refractivity contribution in [1.82, 2.24) is 4.58 Å². The van der Waals surface area contributed by atoms with Gasteiger partial charge in [-0.25, -0.2) is 4.58 Å². The standard InChI is InChI=1S/C32H36N3O8/c1-20(36)42-19-34(4)23-10-12-25-29(16-23)43-28-15-22(33(2)3)9-11-24(28)32(25)21-8-13-27(39-5)26(14-21)35(17-30(37)40-6)18-31(38)41-7/h8-16H,17-19H2,1-7H3/q+1. The lowest BCUT2D eigenvalue weighted by Gasteiger charge is -2.25. The summed E-state index contributed by atoms with van der Waals surface area (Å²) < 4.78 is 29.0. The number of anilines is 2. The average Bonchev–Trinajstić information content (AvgIpc) is 3.00. The first kappa shape index (κ1) is 30.9. The summed E-state index contributed by atoms with van der Waals surface area (Å²) in [5, 5.41) is 1.79. The highest BCUT2D eigenvalue weighted by molar-refractivity contribution is 6.03. The highest BCUT2D eigenvalue weighted by Crippen LogP contribution is 2.43. The minimum atomic E-state index is -0.521. The molecule has 1 aliphatic carbocycles. The minimum absolute atomic E-state index is 0.0874. The van der Waals surface area contributed by atoms with Gasteiger partial charge in [0.25, 0.3) is 0 Å². The molecular weight excluding hydrogens is 554 g/mol. The van der Waals surface area contributed by atoms with Crippen molar-refractivity contribution in [2.75, 3.05) is 72.1 Å². The van der Waals surface area contributed by atoms with Gasteiger partial charge in [-0.3, -0.25) is 14.4 Å². The summed E-state index contributed by atoms with van der Waals surface area (Å²) in [6.07, 6.45) is 0. The quantitative estimate of drug-likeness (QED) is 0.0897. The predicted octanol–water partition coefficient (Wildman–Crippen LogP) is 3.35. The van der Waals surface area contributed by atoms with E-state index in [0.717, 1.165) is 33.1 Å². The van der Waals surface area contributed by atoms with E-state index in [9.17, 15) is 14.4 Å². The van der Waals surface area contributed by atoms with Crippen molar-refractivity contribution in [1.29, 1.82) is 0 Å². The van der Waals surface area contributed by atoms with Gasteiger partial charge < -0.3 is 33.2 Å². The van der Waals surface area contributed by atoms with Crippen molar-refractivity contribution in [3.8, 4) is 28.2 Å². The zero-order valence-electron chi connectivity index (χ0n) is 25.4. The van der Waals surface area contributed by atoms with Crippen molar-refractivity contribution in [3.05, 3.63) is 60.0 Å². The molecule has 4 rings (SSSR count). The number of nitrogens with zero attached hydrogens (tertiary/aromatic N) is 3. The summed E-state index contributed by atoms with van der Waals surface area (Å²) in [4.78, 5) is 39.4. The highest BCUT2D eigenvalue weighted by Gasteiger charge is 2.23. The van der Waals surface area contributed by atoms with Crippen molar-refractivity contribution >= 4 is 40.3 Å². The van der Waals surface area contributed by atoms with Gasteiger partial charge in [0.15, 0.2) is 6.73 Å². The number of hydrogen-bond donors (Lipinski definition) is 0. The number of esters is 3. The van der Waals surface area contributed by atoms with Crippen LogP contribution >= 0.6 is 0 Å². The van der Waals surface area contributed by atoms with E-state index >= 15 is 0 Å². The van der Waals surface area contributed by atoms with E-state index in [-0.39, 0.29) is 25.8 Å². The third-order valence-electron chi connectivity index (χ3n) is 7.01. The molecule has 43 heavy (non-hydrogen) atoms. The summed E-state index contributed by atoms with van der Waals surface area (Å²) in [5.41, 5.74) is 4.48. The maximum atomic E-state index is 12.3. The van der Waals surface area contributed by atoms with Crippen LogP contribution in [-0.2, 0) is 28.6 Å². The van der Waals surface area contributed by atoms with Crippen LogP contribution in [0, 0.1) is 0 Å². The molecule has 2 aliphatic rings. The molecule has 0 unspecified atom stereocenters. The van der Waals surface area contributed by atoms with E-state index < -0.39 is 11.9 Å². The van der Waals surface area contributed by atoms with E-state index in [1.807, 2.05) is 74.2 Å². The van der Waals surface area contributed by atoms with Gasteiger partial charge in [0, 0.05) is 48.3 Å². The Morgan fingerprint density at radius 2 is 1.58 bits per heavy atom. The molecule has 11 heteroatoms. The van der Waals surface area contributed by atoms with Gasteiger partial charge in [0.05, 0.1) is 33.1 Å². The van der Waals surface area contributed by atoms with Gasteiger partial charge in [-0.15, -0.1) is 0 Å². The molecule has 0 atom stereocenters. The van der Waals surface area contributed by atoms with Gasteiger partial charge in [0.1, 0.15) is 44.3 Å². The third kappa shape index (κ3) is 6.88. The van der Waals surface area contributed by atoms with Crippen LogP contribution in [0.2, 0.25) is 0 Å². The Morgan fingerprint density at radius 1 is 0.884 bits per heavy atom. The van der Waals surface area contributed by atoms with Crippen LogP contribution in [0.5, 0.6) is 5.75 Å². The summed E-state index contributed by atoms with van der Waals surface area (Å²) in [7, 11) is 9.84. The van der Waals surface area contributed by atoms with E-state index in [1.165, 1.54) is 28.3 Å². The number of carbonyl (C=O) groups is 3. The molecule has 2 aromatic carbocycles. The van der Waals surface area contributed by atoms with Crippen LogP contribution in [-0.4, -0.2) is 80.2 Å². The second-order valence-electron chi connectivity index (χ2n) is 10.1. The second kappa shape index (κ2) is 13.3. The lowest BCUT2D eigenvalue weighted by atomic mass is 9.93. The van der Waals surface area contributed by atoms with Gasteiger partial charge in [-0.05, 0) is 35.9 Å². The van der Waals surface area contributed by atoms with Crippen LogP contribution in [0.3, 0.4) is 0 Å². The smallest absolute Gasteiger partial charge is 0.325 e. The Kier molecular flexibility index (Phi) is 9.54. The molecule has 0 N–H and O–H groups in total. The lowest BCUT2D eigenvalue weighted by Crippen LogP contribution is -2.35. The summed E-state index contributed by atoms with van der Waals surface area (Å²) in [5.74, 6) is -0.285. The van der Waals surface area contributed by atoms with Gasteiger partial charge in [0.2, 0.25) is 5.36 Å². The van der Waals surface area contributed by atoms with E-state index in [2.05, 4.69) is 0 Å². The van der Waals surface area contributed by atoms with Crippen LogP contribution in [0.15, 0.2) is 59.0 Å². The number of rotatable bonds is 10. The molecular formula is C32H36N3O8+. The summed E-state index contributed by atoms with van der Waals surface area (Å²) in [6.45, 7) is 1.07. The minimum Gasteiger partial charge on any atom is -0.495 e. The zero-order chi connectivity index (χ0) is 31.3. The molecule has 0 saturated carbocycles. The SMILES string of the molecule is COC(=O)CN(CC(=O)OC)c1cc(-c2c3ccc(=[N+](C)C)cc-3oc3cc(N(C)COC(C)=O)ccc23)ccc1OC. The van der Waals surface area contributed by atoms with Crippen molar-refractivity contribution < 1.29 is 37.7 Å². The average molecular weight is 591 g/mol. The zero-order valence-corrected chi connectivity index (χ0v) is 25.4. The number of fused-ring (bicyclic) bond motifs is 2. The van der Waals surface area contributed by atoms with Crippen LogP contribution < -0.4 is 24.5 Å². The fourth-order valence-corrected chi connectivity index (χ4v) is 4.72. The second-order valence-corrected chi connectivity index (χ2v) is 10.1. The molecule has 1 heterocycles. The van der Waals surface area contributed by atoms with Crippen LogP contribution in [0.1, 0.15) is 6.92 Å². The Hall–Kier alpha value is -5.06. The molecule has 0 radical (unpaired) electrons. The fraction of sp³-hybridized carbons (Fsp3) is 0.312. The van der Waals surface area contributed by atoms with Crippen molar-refractivity contribution in [2.45, 2.75) is 6.92 Å². The summed E-state index contributed by atoms with van der Waals surface area (Å²) >= 11 is 0. The first-order valence-corrected chi connectivity index (χ1v) is 13.5. The van der Waals surface area contributed by atoms with Crippen molar-refractivity contribution in [2.24, 2.45) is 0 Å². The number of ether oxygens (including phenoxy) is 4. The van der Waals surface area contributed by atoms with Gasteiger partial charge in [-0.2, -0.15) is 0 Å². The maximum Gasteiger partial charge on any atom is 0.325 e. The first-order valence-electron chi connectivity index (χ1n) is 13.5. The molecule has 0 fully saturated rings. The number of methoxy groups -OCH3 is 3. The monoisotopic (exact) mass is 590 g/mol. The Balaban J connectivity index is 1.98. The molecule has 1 aliphatic heterocycles. The topological polar surface area (TPSA) is 111 Å². The maximum absolute atomic E-state index is 12.3. The molecule has 0 amide bonds. The number of benzene rings is 3. The van der Waals surface area contributed by atoms with Gasteiger partial charge >= 0.3 is 17.9 Å². The number of carbonyl (C=O) groups excluding carboxylic acids is 3. The first-order chi connectivity index (χ1) is 20.6. The normalized spacial score (nSPS) is 10.8. The molecule has 0 aromatic heterocycles. The largest absolute Gasteiger partial charge is 0.495 e. The molecule has 0 spiro atoms. The molecule has 0 bridgehead atoms. The molecule has 226 valence electrons. The van der Waals surface area contributed by atoms with Gasteiger partial charge in [-0.1, -0.05) is 6.07 Å². The van der Waals surface area contributed by atoms with Crippen LogP contribution in [0.4, 0.5) is 11.4 Å². The Morgan fingerprint density at radius 3 is 2.19 bits per heavy atom. The Labute approximate surface area is 249 Å². The number of hydrogen-bond acceptors (Lipinski definition) is 10. The molecule has 0 saturated heterocycles. The lowest BCUT2D eigenvalue weighted by molar-refractivity contribution is -0.141. The van der Waals surface area contributed by atoms with E-state index in [4.69, 9.17) is 23.4 Å².